The van der Waals surface area contributed by atoms with Crippen LogP contribution in [0, 0.1) is 10.1 Å². The van der Waals surface area contributed by atoms with Crippen LogP contribution in [0.25, 0.3) is 0 Å². The van der Waals surface area contributed by atoms with Crippen LogP contribution in [0.2, 0.25) is 0 Å². The summed E-state index contributed by atoms with van der Waals surface area (Å²) in [6.07, 6.45) is 6.68. The minimum absolute atomic E-state index is 0.0359. The van der Waals surface area contributed by atoms with Gasteiger partial charge >= 0.3 is 0 Å². The summed E-state index contributed by atoms with van der Waals surface area (Å²) < 4.78 is 0. The maximum Gasteiger partial charge on any atom is 0.293 e. The van der Waals surface area contributed by atoms with Crippen LogP contribution in [0.15, 0.2) is 18.2 Å². The number of carbonyl (C=O) groups excluding carboxylic acids is 1. The van der Waals surface area contributed by atoms with E-state index >= 15 is 0 Å². The second kappa shape index (κ2) is 8.30. The Morgan fingerprint density at radius 3 is 2.55 bits per heavy atom. The highest BCUT2D eigenvalue weighted by Crippen LogP contribution is 2.26. The summed E-state index contributed by atoms with van der Waals surface area (Å²) in [7, 11) is 0. The highest BCUT2D eigenvalue weighted by Gasteiger charge is 2.15. The van der Waals surface area contributed by atoms with E-state index in [1.807, 2.05) is 6.07 Å². The van der Waals surface area contributed by atoms with Crippen LogP contribution in [0.3, 0.4) is 0 Å². The third kappa shape index (κ3) is 5.38. The van der Waals surface area contributed by atoms with Crippen LogP contribution in [0.4, 0.5) is 11.4 Å². The molecule has 0 unspecified atom stereocenters. The first kappa shape index (κ1) is 16.1. The number of hydrogen-bond donors (Lipinski definition) is 1. The van der Waals surface area contributed by atoms with Gasteiger partial charge in [0.1, 0.15) is 5.69 Å². The van der Waals surface area contributed by atoms with E-state index in [-0.39, 0.29) is 17.3 Å². The predicted octanol–water partition coefficient (Wildman–Crippen LogP) is 4.07. The topological polar surface area (TPSA) is 72.2 Å². The lowest BCUT2D eigenvalue weighted by molar-refractivity contribution is -0.384. The number of amides is 1. The number of aryl methyl sites for hydroxylation is 1. The Morgan fingerprint density at radius 2 is 1.95 bits per heavy atom. The maximum atomic E-state index is 11.0. The number of nitro benzene ring substituents is 1. The van der Waals surface area contributed by atoms with E-state index in [1.54, 1.807) is 12.1 Å². The lowest BCUT2D eigenvalue weighted by Gasteiger charge is -2.06. The Balaban J connectivity index is 2.67. The molecular formula is C15H22N2O3. The molecule has 5 heteroatoms. The molecule has 0 aliphatic carbocycles. The lowest BCUT2D eigenvalue weighted by atomic mass is 10.0. The molecule has 1 amide bonds. The molecule has 0 fully saturated rings. The summed E-state index contributed by atoms with van der Waals surface area (Å²) in [5, 5.41) is 13.5. The lowest BCUT2D eigenvalue weighted by Crippen LogP contribution is -2.08. The monoisotopic (exact) mass is 278 g/mol. The average molecular weight is 278 g/mol. The Kier molecular flexibility index (Phi) is 6.70. The number of benzene rings is 1. The molecule has 1 aromatic rings. The van der Waals surface area contributed by atoms with Crippen molar-refractivity contribution in [2.75, 3.05) is 5.32 Å². The number of hydrogen-bond acceptors (Lipinski definition) is 3. The van der Waals surface area contributed by atoms with Crippen molar-refractivity contribution in [2.24, 2.45) is 0 Å². The van der Waals surface area contributed by atoms with E-state index in [1.165, 1.54) is 26.2 Å². The minimum atomic E-state index is -0.453. The van der Waals surface area contributed by atoms with E-state index in [2.05, 4.69) is 12.2 Å². The van der Waals surface area contributed by atoms with Crippen LogP contribution in [0.5, 0.6) is 0 Å². The van der Waals surface area contributed by atoms with Crippen molar-refractivity contribution < 1.29 is 9.72 Å². The number of nitrogens with one attached hydrogen (secondary N) is 1. The van der Waals surface area contributed by atoms with Gasteiger partial charge < -0.3 is 5.32 Å². The van der Waals surface area contributed by atoms with Gasteiger partial charge in [0.05, 0.1) is 4.92 Å². The summed E-state index contributed by atoms with van der Waals surface area (Å²) in [6.45, 7) is 3.51. The fraction of sp³-hybridized carbons (Fsp3) is 0.533. The molecule has 110 valence electrons. The van der Waals surface area contributed by atoms with Crippen molar-refractivity contribution in [2.45, 2.75) is 52.4 Å². The smallest absolute Gasteiger partial charge is 0.293 e. The minimum Gasteiger partial charge on any atom is -0.321 e. The third-order valence-corrected chi connectivity index (χ3v) is 3.14. The molecule has 0 atom stereocenters. The second-order valence-corrected chi connectivity index (χ2v) is 4.95. The van der Waals surface area contributed by atoms with Crippen LogP contribution < -0.4 is 5.32 Å². The van der Waals surface area contributed by atoms with Gasteiger partial charge in [0.15, 0.2) is 0 Å². The number of unbranched alkanes of at least 4 members (excludes halogenated alkanes) is 4. The van der Waals surface area contributed by atoms with E-state index in [0.29, 0.717) is 0 Å². The summed E-state index contributed by atoms with van der Waals surface area (Å²) in [4.78, 5) is 21.6. The van der Waals surface area contributed by atoms with Gasteiger partial charge in [-0.05, 0) is 24.5 Å². The molecule has 1 rings (SSSR count). The Hall–Kier alpha value is -1.91. The first-order chi connectivity index (χ1) is 9.54. The Morgan fingerprint density at radius 1 is 1.25 bits per heavy atom. The van der Waals surface area contributed by atoms with Crippen molar-refractivity contribution in [1.82, 2.24) is 0 Å². The Bertz CT molecular complexity index is 472. The quantitative estimate of drug-likeness (QED) is 0.442. The molecular weight excluding hydrogens is 256 g/mol. The summed E-state index contributed by atoms with van der Waals surface area (Å²) in [5.74, 6) is -0.305. The molecule has 5 nitrogen and oxygen atoms in total. The third-order valence-electron chi connectivity index (χ3n) is 3.14. The number of anilines is 1. The molecule has 1 aromatic carbocycles. The van der Waals surface area contributed by atoms with Crippen LogP contribution in [0.1, 0.15) is 51.5 Å². The largest absolute Gasteiger partial charge is 0.321 e. The zero-order valence-electron chi connectivity index (χ0n) is 12.1. The van der Waals surface area contributed by atoms with E-state index in [9.17, 15) is 14.9 Å². The number of nitro groups is 1. The molecule has 0 aliphatic heterocycles. The van der Waals surface area contributed by atoms with Crippen LogP contribution >= 0.6 is 0 Å². The molecule has 0 aliphatic rings. The van der Waals surface area contributed by atoms with Crippen molar-refractivity contribution in [3.63, 3.8) is 0 Å². The predicted molar refractivity (Wildman–Crippen MR) is 79.9 cm³/mol. The van der Waals surface area contributed by atoms with Gasteiger partial charge in [-0.3, -0.25) is 14.9 Å². The highest BCUT2D eigenvalue weighted by atomic mass is 16.6. The van der Waals surface area contributed by atoms with Gasteiger partial charge in [-0.2, -0.15) is 0 Å². The number of nitrogens with zero attached hydrogens (tertiary/aromatic N) is 1. The number of rotatable bonds is 8. The van der Waals surface area contributed by atoms with Crippen LogP contribution in [-0.2, 0) is 11.2 Å². The van der Waals surface area contributed by atoms with Crippen LogP contribution in [-0.4, -0.2) is 10.8 Å². The van der Waals surface area contributed by atoms with E-state index < -0.39 is 4.92 Å². The maximum absolute atomic E-state index is 11.0. The highest BCUT2D eigenvalue weighted by molar-refractivity contribution is 5.91. The SMILES string of the molecule is CCCCCCCc1ccc(NC(C)=O)c([N+](=O)[O-])c1. The van der Waals surface area contributed by atoms with Crippen molar-refractivity contribution in [1.29, 1.82) is 0 Å². The van der Waals surface area contributed by atoms with E-state index in [4.69, 9.17) is 0 Å². The van der Waals surface area contributed by atoms with Gasteiger partial charge in [-0.15, -0.1) is 0 Å². The zero-order chi connectivity index (χ0) is 15.0. The number of carbonyl (C=O) groups is 1. The molecule has 0 bridgehead atoms. The normalized spacial score (nSPS) is 10.3. The first-order valence-electron chi connectivity index (χ1n) is 7.09. The van der Waals surface area contributed by atoms with Gasteiger partial charge in [0, 0.05) is 13.0 Å². The molecule has 0 spiro atoms. The van der Waals surface area contributed by atoms with Gasteiger partial charge in [-0.25, -0.2) is 0 Å². The molecule has 0 saturated carbocycles. The molecule has 0 saturated heterocycles. The van der Waals surface area contributed by atoms with Crippen molar-refractivity contribution >= 4 is 17.3 Å². The average Bonchev–Trinajstić information content (AvgIpc) is 2.39. The molecule has 1 N–H and O–H groups in total. The molecule has 0 radical (unpaired) electrons. The first-order valence-corrected chi connectivity index (χ1v) is 7.09. The Labute approximate surface area is 119 Å². The fourth-order valence-electron chi connectivity index (χ4n) is 2.11. The molecule has 0 heterocycles. The van der Waals surface area contributed by atoms with Gasteiger partial charge in [-0.1, -0.05) is 38.7 Å². The molecule has 20 heavy (non-hydrogen) atoms. The van der Waals surface area contributed by atoms with Gasteiger partial charge in [0.2, 0.25) is 5.91 Å². The fourth-order valence-corrected chi connectivity index (χ4v) is 2.11. The summed E-state index contributed by atoms with van der Waals surface area (Å²) in [6, 6.07) is 5.02. The van der Waals surface area contributed by atoms with Crippen molar-refractivity contribution in [3.05, 3.63) is 33.9 Å². The van der Waals surface area contributed by atoms with E-state index in [0.717, 1.165) is 24.8 Å². The standard InChI is InChI=1S/C15H22N2O3/c1-3-4-5-6-7-8-13-9-10-14(16-12(2)18)15(11-13)17(19)20/h9-11H,3-8H2,1-2H3,(H,16,18). The molecule has 0 aromatic heterocycles. The zero-order valence-corrected chi connectivity index (χ0v) is 12.1. The summed E-state index contributed by atoms with van der Waals surface area (Å²) >= 11 is 0. The summed E-state index contributed by atoms with van der Waals surface area (Å²) in [5.41, 5.74) is 1.17. The van der Waals surface area contributed by atoms with Crippen molar-refractivity contribution in [3.8, 4) is 0 Å². The second-order valence-electron chi connectivity index (χ2n) is 4.95. The van der Waals surface area contributed by atoms with Gasteiger partial charge in [0.25, 0.3) is 5.69 Å².